The number of likely N-dealkylation sites (tertiary alicyclic amines) is 2. The molecule has 1 amide bonds. The van der Waals surface area contributed by atoms with Gasteiger partial charge in [0.1, 0.15) is 0 Å². The first-order valence-corrected chi connectivity index (χ1v) is 7.64. The van der Waals surface area contributed by atoms with Crippen molar-refractivity contribution in [3.8, 4) is 0 Å². The SMILES string of the molecule is C=CCNCC(=O)N1CCC(N2CCCCC2)CC1. The molecule has 2 aliphatic heterocycles. The third-order valence-corrected chi connectivity index (χ3v) is 4.29. The first-order valence-electron chi connectivity index (χ1n) is 7.64. The number of nitrogens with one attached hydrogen (secondary N) is 1. The van der Waals surface area contributed by atoms with Crippen molar-refractivity contribution in [2.75, 3.05) is 39.3 Å². The molecule has 0 spiro atoms. The molecule has 0 aromatic rings. The van der Waals surface area contributed by atoms with E-state index in [0.29, 0.717) is 19.1 Å². The molecular formula is C15H27N3O. The van der Waals surface area contributed by atoms with Gasteiger partial charge >= 0.3 is 0 Å². The van der Waals surface area contributed by atoms with Gasteiger partial charge in [0.2, 0.25) is 5.91 Å². The monoisotopic (exact) mass is 265 g/mol. The summed E-state index contributed by atoms with van der Waals surface area (Å²) in [5.74, 6) is 0.235. The molecule has 2 heterocycles. The zero-order valence-corrected chi connectivity index (χ0v) is 11.9. The standard InChI is InChI=1S/C15H27N3O/c1-2-8-16-13-15(19)18-11-6-14(7-12-18)17-9-4-3-5-10-17/h2,14,16H,1,3-13H2. The maximum absolute atomic E-state index is 12.0. The summed E-state index contributed by atoms with van der Waals surface area (Å²) < 4.78 is 0. The molecule has 2 fully saturated rings. The van der Waals surface area contributed by atoms with Crippen LogP contribution in [-0.4, -0.2) is 61.0 Å². The van der Waals surface area contributed by atoms with Crippen LogP contribution in [0.2, 0.25) is 0 Å². The Bertz CT molecular complexity index is 292. The van der Waals surface area contributed by atoms with Gasteiger partial charge in [0.15, 0.2) is 0 Å². The minimum Gasteiger partial charge on any atom is -0.341 e. The zero-order chi connectivity index (χ0) is 13.5. The van der Waals surface area contributed by atoms with Gasteiger partial charge in [0.25, 0.3) is 0 Å². The Kier molecular flexibility index (Phi) is 5.86. The lowest BCUT2D eigenvalue weighted by Gasteiger charge is -2.40. The average Bonchev–Trinajstić information content (AvgIpc) is 2.48. The fourth-order valence-corrected chi connectivity index (χ4v) is 3.16. The third kappa shape index (κ3) is 4.32. The van der Waals surface area contributed by atoms with Crippen molar-refractivity contribution < 1.29 is 4.79 Å². The molecule has 0 aromatic heterocycles. The number of nitrogens with zero attached hydrogens (tertiary/aromatic N) is 2. The molecule has 2 rings (SSSR count). The quantitative estimate of drug-likeness (QED) is 0.600. The van der Waals surface area contributed by atoms with Crippen LogP contribution >= 0.6 is 0 Å². The van der Waals surface area contributed by atoms with Crippen LogP contribution in [0.25, 0.3) is 0 Å². The number of rotatable bonds is 5. The summed E-state index contributed by atoms with van der Waals surface area (Å²) in [5.41, 5.74) is 0. The van der Waals surface area contributed by atoms with Crippen LogP contribution in [0.4, 0.5) is 0 Å². The Morgan fingerprint density at radius 1 is 1.16 bits per heavy atom. The Morgan fingerprint density at radius 2 is 1.84 bits per heavy atom. The van der Waals surface area contributed by atoms with Crippen LogP contribution in [0.15, 0.2) is 12.7 Å². The van der Waals surface area contributed by atoms with E-state index in [9.17, 15) is 4.79 Å². The molecule has 0 radical (unpaired) electrons. The molecule has 0 atom stereocenters. The van der Waals surface area contributed by atoms with Gasteiger partial charge in [-0.1, -0.05) is 12.5 Å². The van der Waals surface area contributed by atoms with Crippen molar-refractivity contribution in [2.45, 2.75) is 38.1 Å². The number of carbonyl (C=O) groups is 1. The smallest absolute Gasteiger partial charge is 0.236 e. The van der Waals surface area contributed by atoms with E-state index in [1.807, 2.05) is 4.90 Å². The predicted octanol–water partition coefficient (Wildman–Crippen LogP) is 1.24. The van der Waals surface area contributed by atoms with Gasteiger partial charge in [-0.25, -0.2) is 0 Å². The van der Waals surface area contributed by atoms with Gasteiger partial charge < -0.3 is 15.1 Å². The summed E-state index contributed by atoms with van der Waals surface area (Å²) in [7, 11) is 0. The van der Waals surface area contributed by atoms with E-state index in [-0.39, 0.29) is 5.91 Å². The highest BCUT2D eigenvalue weighted by molar-refractivity contribution is 5.78. The molecular weight excluding hydrogens is 238 g/mol. The molecule has 0 aliphatic carbocycles. The zero-order valence-electron chi connectivity index (χ0n) is 11.9. The van der Waals surface area contributed by atoms with Gasteiger partial charge in [-0.2, -0.15) is 0 Å². The fraction of sp³-hybridized carbons (Fsp3) is 0.800. The summed E-state index contributed by atoms with van der Waals surface area (Å²) in [6.07, 6.45) is 8.17. The van der Waals surface area contributed by atoms with Gasteiger partial charge in [-0.15, -0.1) is 6.58 Å². The first kappa shape index (κ1) is 14.5. The summed E-state index contributed by atoms with van der Waals surface area (Å²) in [5, 5.41) is 3.09. The molecule has 2 aliphatic rings. The molecule has 0 unspecified atom stereocenters. The molecule has 0 saturated carbocycles. The second-order valence-corrected chi connectivity index (χ2v) is 5.63. The van der Waals surface area contributed by atoms with Gasteiger partial charge in [0.05, 0.1) is 6.54 Å². The minimum absolute atomic E-state index is 0.235. The lowest BCUT2D eigenvalue weighted by atomic mass is 10.00. The molecule has 2 saturated heterocycles. The minimum atomic E-state index is 0.235. The third-order valence-electron chi connectivity index (χ3n) is 4.29. The van der Waals surface area contributed by atoms with Crippen molar-refractivity contribution in [1.82, 2.24) is 15.1 Å². The Morgan fingerprint density at radius 3 is 2.47 bits per heavy atom. The second kappa shape index (κ2) is 7.65. The molecule has 108 valence electrons. The summed E-state index contributed by atoms with van der Waals surface area (Å²) in [4.78, 5) is 16.6. The molecule has 4 nitrogen and oxygen atoms in total. The van der Waals surface area contributed by atoms with Crippen molar-refractivity contribution in [2.24, 2.45) is 0 Å². The van der Waals surface area contributed by atoms with Gasteiger partial charge in [-0.05, 0) is 38.8 Å². The first-order chi connectivity index (χ1) is 9.31. The lowest BCUT2D eigenvalue weighted by molar-refractivity contribution is -0.131. The predicted molar refractivity (Wildman–Crippen MR) is 78.1 cm³/mol. The lowest BCUT2D eigenvalue weighted by Crippen LogP contribution is -2.49. The van der Waals surface area contributed by atoms with Crippen LogP contribution in [0.3, 0.4) is 0 Å². The summed E-state index contributed by atoms with van der Waals surface area (Å²) >= 11 is 0. The van der Waals surface area contributed by atoms with E-state index in [0.717, 1.165) is 25.9 Å². The van der Waals surface area contributed by atoms with E-state index in [4.69, 9.17) is 0 Å². The largest absolute Gasteiger partial charge is 0.341 e. The summed E-state index contributed by atoms with van der Waals surface area (Å²) in [6.45, 7) is 9.17. The van der Waals surface area contributed by atoms with E-state index < -0.39 is 0 Å². The number of amides is 1. The van der Waals surface area contributed by atoms with Crippen molar-refractivity contribution >= 4 is 5.91 Å². The maximum atomic E-state index is 12.0. The number of hydrogen-bond donors (Lipinski definition) is 1. The van der Waals surface area contributed by atoms with Crippen molar-refractivity contribution in [3.05, 3.63) is 12.7 Å². The van der Waals surface area contributed by atoms with Crippen LogP contribution < -0.4 is 5.32 Å². The Labute approximate surface area is 116 Å². The molecule has 0 bridgehead atoms. The molecule has 19 heavy (non-hydrogen) atoms. The van der Waals surface area contributed by atoms with Crippen LogP contribution in [-0.2, 0) is 4.79 Å². The molecule has 1 N–H and O–H groups in total. The number of carbonyl (C=O) groups excluding carboxylic acids is 1. The average molecular weight is 265 g/mol. The highest BCUT2D eigenvalue weighted by Gasteiger charge is 2.27. The van der Waals surface area contributed by atoms with E-state index >= 15 is 0 Å². The van der Waals surface area contributed by atoms with Crippen LogP contribution in [0.1, 0.15) is 32.1 Å². The van der Waals surface area contributed by atoms with Gasteiger partial charge in [-0.3, -0.25) is 4.79 Å². The topological polar surface area (TPSA) is 35.6 Å². The van der Waals surface area contributed by atoms with Gasteiger partial charge in [0, 0.05) is 25.7 Å². The van der Waals surface area contributed by atoms with E-state index in [2.05, 4.69) is 16.8 Å². The van der Waals surface area contributed by atoms with E-state index in [1.165, 1.54) is 32.4 Å². The molecule has 4 heteroatoms. The Hall–Kier alpha value is -0.870. The maximum Gasteiger partial charge on any atom is 0.236 e. The molecule has 0 aromatic carbocycles. The Balaban J connectivity index is 1.69. The number of piperidine rings is 2. The van der Waals surface area contributed by atoms with Crippen LogP contribution in [0, 0.1) is 0 Å². The fourth-order valence-electron chi connectivity index (χ4n) is 3.16. The number of hydrogen-bond acceptors (Lipinski definition) is 3. The van der Waals surface area contributed by atoms with E-state index in [1.54, 1.807) is 6.08 Å². The van der Waals surface area contributed by atoms with Crippen molar-refractivity contribution in [1.29, 1.82) is 0 Å². The summed E-state index contributed by atoms with van der Waals surface area (Å²) in [6, 6.07) is 0.713. The normalized spacial score (nSPS) is 22.4. The highest BCUT2D eigenvalue weighted by atomic mass is 16.2. The van der Waals surface area contributed by atoms with Crippen LogP contribution in [0.5, 0.6) is 0 Å². The van der Waals surface area contributed by atoms with Crippen molar-refractivity contribution in [3.63, 3.8) is 0 Å². The highest BCUT2D eigenvalue weighted by Crippen LogP contribution is 2.20. The second-order valence-electron chi connectivity index (χ2n) is 5.63.